The molecule has 0 amide bonds. The second-order valence-electron chi connectivity index (χ2n) is 6.93. The van der Waals surface area contributed by atoms with Gasteiger partial charge in [-0.15, -0.1) is 11.3 Å². The molecule has 0 saturated carbocycles. The van der Waals surface area contributed by atoms with E-state index < -0.39 is 0 Å². The van der Waals surface area contributed by atoms with Gasteiger partial charge < -0.3 is 18.7 Å². The Kier molecular flexibility index (Phi) is 4.99. The summed E-state index contributed by atoms with van der Waals surface area (Å²) in [6, 6.07) is 20.1. The number of para-hydroxylation sites is 3. The summed E-state index contributed by atoms with van der Waals surface area (Å²) in [4.78, 5) is 9.18. The Morgan fingerprint density at radius 3 is 2.80 bits per heavy atom. The molecule has 30 heavy (non-hydrogen) atoms. The van der Waals surface area contributed by atoms with Gasteiger partial charge in [-0.3, -0.25) is 0 Å². The number of rotatable bonds is 6. The van der Waals surface area contributed by atoms with Gasteiger partial charge in [-0.1, -0.05) is 30.3 Å². The Hall–Kier alpha value is -3.51. The largest absolute Gasteiger partial charge is 0.494 e. The molecule has 0 atom stereocenters. The zero-order chi connectivity index (χ0) is 20.3. The van der Waals surface area contributed by atoms with E-state index in [0.717, 1.165) is 46.2 Å². The molecular weight excluding hydrogens is 394 g/mol. The van der Waals surface area contributed by atoms with Gasteiger partial charge in [0.2, 0.25) is 0 Å². The van der Waals surface area contributed by atoms with Crippen LogP contribution in [0.4, 0.5) is 5.69 Å². The molecule has 5 aromatic rings. The molecule has 0 spiro atoms. The average molecular weight is 416 g/mol. The lowest BCUT2D eigenvalue weighted by molar-refractivity contribution is 0.416. The van der Waals surface area contributed by atoms with Gasteiger partial charge in [0, 0.05) is 29.0 Å². The first-order valence-corrected chi connectivity index (χ1v) is 10.7. The molecule has 0 saturated heterocycles. The van der Waals surface area contributed by atoms with Crippen LogP contribution < -0.4 is 9.54 Å². The average Bonchev–Trinajstić information content (AvgIpc) is 3.53. The van der Waals surface area contributed by atoms with Gasteiger partial charge in [0.15, 0.2) is 10.6 Å². The van der Waals surface area contributed by atoms with Crippen LogP contribution in [0.3, 0.4) is 0 Å². The quantitative estimate of drug-likeness (QED) is 0.382. The van der Waals surface area contributed by atoms with Gasteiger partial charge in [-0.25, -0.2) is 4.99 Å². The van der Waals surface area contributed by atoms with Gasteiger partial charge in [-0.2, -0.15) is 0 Å². The van der Waals surface area contributed by atoms with E-state index in [1.165, 1.54) is 10.9 Å². The standard InChI is InChI=1S/C24H21N3O2S/c1-28-22-10-5-4-9-20(22)26-24-27(21(16-30-24)23-11-6-14-29-23)13-12-17-15-25-19-8-3-2-7-18(17)19/h2-11,14-16,25H,12-13H2,1H3. The maximum atomic E-state index is 5.69. The fraction of sp³-hybridized carbons (Fsp3) is 0.125. The van der Waals surface area contributed by atoms with E-state index >= 15 is 0 Å². The molecular formula is C24H21N3O2S. The van der Waals surface area contributed by atoms with Crippen molar-refractivity contribution in [2.45, 2.75) is 13.0 Å². The van der Waals surface area contributed by atoms with Crippen LogP contribution in [0.25, 0.3) is 22.4 Å². The number of aryl methyl sites for hydroxylation is 1. The van der Waals surface area contributed by atoms with Crippen LogP contribution in [-0.4, -0.2) is 16.7 Å². The monoisotopic (exact) mass is 415 g/mol. The predicted molar refractivity (Wildman–Crippen MR) is 120 cm³/mol. The molecule has 0 fully saturated rings. The summed E-state index contributed by atoms with van der Waals surface area (Å²) >= 11 is 1.60. The summed E-state index contributed by atoms with van der Waals surface area (Å²) in [6.07, 6.45) is 4.68. The summed E-state index contributed by atoms with van der Waals surface area (Å²) in [5.74, 6) is 1.60. The Labute approximate surface area is 177 Å². The topological polar surface area (TPSA) is 55.5 Å². The molecule has 6 heteroatoms. The molecule has 3 heterocycles. The van der Waals surface area contributed by atoms with Crippen LogP contribution in [0.5, 0.6) is 5.75 Å². The number of hydrogen-bond donors (Lipinski definition) is 1. The maximum Gasteiger partial charge on any atom is 0.190 e. The molecule has 5 rings (SSSR count). The second-order valence-corrected chi connectivity index (χ2v) is 7.76. The lowest BCUT2D eigenvalue weighted by Crippen LogP contribution is -2.17. The third-order valence-corrected chi connectivity index (χ3v) is 6.02. The van der Waals surface area contributed by atoms with Gasteiger partial charge in [0.1, 0.15) is 11.4 Å². The SMILES string of the molecule is COc1ccccc1N=c1scc(-c2ccco2)n1CCc1c[nH]c2ccccc12. The van der Waals surface area contributed by atoms with E-state index in [4.69, 9.17) is 14.1 Å². The smallest absolute Gasteiger partial charge is 0.190 e. The number of hydrogen-bond acceptors (Lipinski definition) is 4. The first kappa shape index (κ1) is 18.5. The Bertz CT molecular complexity index is 1340. The first-order valence-electron chi connectivity index (χ1n) is 9.78. The zero-order valence-electron chi connectivity index (χ0n) is 16.5. The van der Waals surface area contributed by atoms with Crippen LogP contribution in [0, 0.1) is 0 Å². The maximum absolute atomic E-state index is 5.69. The summed E-state index contributed by atoms with van der Waals surface area (Å²) in [5.41, 5.74) is 4.29. The minimum absolute atomic E-state index is 0.758. The van der Waals surface area contributed by atoms with E-state index in [2.05, 4.69) is 45.4 Å². The lowest BCUT2D eigenvalue weighted by atomic mass is 10.1. The van der Waals surface area contributed by atoms with Gasteiger partial charge in [0.05, 0.1) is 19.1 Å². The highest BCUT2D eigenvalue weighted by atomic mass is 32.1. The highest BCUT2D eigenvalue weighted by molar-refractivity contribution is 7.07. The number of H-pyrrole nitrogens is 1. The molecule has 0 aliphatic heterocycles. The number of furan rings is 1. The van der Waals surface area contributed by atoms with Crippen molar-refractivity contribution < 1.29 is 9.15 Å². The Balaban J connectivity index is 1.57. The summed E-state index contributed by atoms with van der Waals surface area (Å²) < 4.78 is 13.4. The van der Waals surface area contributed by atoms with Gasteiger partial charge >= 0.3 is 0 Å². The van der Waals surface area contributed by atoms with E-state index in [1.807, 2.05) is 36.4 Å². The number of thiazole rings is 1. The highest BCUT2D eigenvalue weighted by Gasteiger charge is 2.12. The van der Waals surface area contributed by atoms with Crippen molar-refractivity contribution in [3.8, 4) is 17.2 Å². The van der Waals surface area contributed by atoms with E-state index in [0.29, 0.717) is 0 Å². The molecule has 5 nitrogen and oxygen atoms in total. The second kappa shape index (κ2) is 8.08. The number of aromatic amines is 1. The van der Waals surface area contributed by atoms with E-state index in [1.54, 1.807) is 24.7 Å². The van der Waals surface area contributed by atoms with Gasteiger partial charge in [-0.05, 0) is 42.3 Å². The van der Waals surface area contributed by atoms with Crippen LogP contribution in [0.1, 0.15) is 5.56 Å². The van der Waals surface area contributed by atoms with Crippen molar-refractivity contribution in [1.29, 1.82) is 0 Å². The third kappa shape index (κ3) is 3.46. The minimum Gasteiger partial charge on any atom is -0.494 e. The number of fused-ring (bicyclic) bond motifs is 1. The van der Waals surface area contributed by atoms with Crippen molar-refractivity contribution >= 4 is 27.9 Å². The van der Waals surface area contributed by atoms with Crippen molar-refractivity contribution in [3.05, 3.63) is 88.9 Å². The lowest BCUT2D eigenvalue weighted by Gasteiger charge is -2.08. The molecule has 0 radical (unpaired) electrons. The summed E-state index contributed by atoms with van der Waals surface area (Å²) in [7, 11) is 1.67. The predicted octanol–water partition coefficient (Wildman–Crippen LogP) is 5.77. The minimum atomic E-state index is 0.758. The normalized spacial score (nSPS) is 12.0. The van der Waals surface area contributed by atoms with Crippen LogP contribution in [0.15, 0.2) is 87.9 Å². The Morgan fingerprint density at radius 1 is 1.07 bits per heavy atom. The fourth-order valence-electron chi connectivity index (χ4n) is 3.65. The van der Waals surface area contributed by atoms with Gasteiger partial charge in [0.25, 0.3) is 0 Å². The number of nitrogens with one attached hydrogen (secondary N) is 1. The first-order chi connectivity index (χ1) is 14.8. The van der Waals surface area contributed by atoms with Crippen molar-refractivity contribution in [2.24, 2.45) is 4.99 Å². The fourth-order valence-corrected chi connectivity index (χ4v) is 4.58. The highest BCUT2D eigenvalue weighted by Crippen LogP contribution is 2.27. The third-order valence-electron chi connectivity index (χ3n) is 5.15. The summed E-state index contributed by atoms with van der Waals surface area (Å²) in [6.45, 7) is 0.787. The number of methoxy groups -OCH3 is 1. The summed E-state index contributed by atoms with van der Waals surface area (Å²) in [5, 5.41) is 3.36. The number of nitrogens with zero attached hydrogens (tertiary/aromatic N) is 2. The molecule has 0 aliphatic rings. The number of aromatic nitrogens is 2. The molecule has 0 unspecified atom stereocenters. The molecule has 150 valence electrons. The molecule has 0 bridgehead atoms. The molecule has 3 aromatic heterocycles. The van der Waals surface area contributed by atoms with Crippen molar-refractivity contribution in [1.82, 2.24) is 9.55 Å². The van der Waals surface area contributed by atoms with E-state index in [9.17, 15) is 0 Å². The van der Waals surface area contributed by atoms with E-state index in [-0.39, 0.29) is 0 Å². The Morgan fingerprint density at radius 2 is 1.93 bits per heavy atom. The number of benzene rings is 2. The number of ether oxygens (including phenoxy) is 1. The van der Waals surface area contributed by atoms with Crippen molar-refractivity contribution in [3.63, 3.8) is 0 Å². The zero-order valence-corrected chi connectivity index (χ0v) is 17.4. The van der Waals surface area contributed by atoms with Crippen LogP contribution in [-0.2, 0) is 13.0 Å². The van der Waals surface area contributed by atoms with Crippen LogP contribution >= 0.6 is 11.3 Å². The molecule has 2 aromatic carbocycles. The molecule has 0 aliphatic carbocycles. The van der Waals surface area contributed by atoms with Crippen LogP contribution in [0.2, 0.25) is 0 Å². The van der Waals surface area contributed by atoms with Crippen molar-refractivity contribution in [2.75, 3.05) is 7.11 Å². The molecule has 1 N–H and O–H groups in total.